The van der Waals surface area contributed by atoms with Crippen LogP contribution in [0.3, 0.4) is 0 Å². The summed E-state index contributed by atoms with van der Waals surface area (Å²) in [6.07, 6.45) is 5.91. The lowest BCUT2D eigenvalue weighted by molar-refractivity contribution is -0.191. The molecule has 11 heteroatoms. The molecule has 1 fully saturated rings. The first kappa shape index (κ1) is 26.3. The zero-order valence-corrected chi connectivity index (χ0v) is 21.0. The number of benzene rings is 1. The maximum Gasteiger partial charge on any atom is 0.373 e. The van der Waals surface area contributed by atoms with Crippen molar-refractivity contribution in [1.82, 2.24) is 34.8 Å². The number of hydrogen-bond acceptors (Lipinski definition) is 10. The smallest absolute Gasteiger partial charge is 0.368 e. The highest BCUT2D eigenvalue weighted by atomic mass is 16.2. The van der Waals surface area contributed by atoms with Crippen molar-refractivity contribution in [2.75, 3.05) is 18.8 Å². The van der Waals surface area contributed by atoms with Crippen LogP contribution < -0.4 is 5.73 Å². The minimum atomic E-state index is 0.135. The number of aromatic nitrogens is 6. The van der Waals surface area contributed by atoms with Crippen LogP contribution in [-0.2, 0) is 16.1 Å². The summed E-state index contributed by atoms with van der Waals surface area (Å²) in [6.45, 7) is 4.99. The van der Waals surface area contributed by atoms with Gasteiger partial charge in [0.05, 0.1) is 47.1 Å². The molecule has 2 N–H and O–H groups in total. The third-order valence-electron chi connectivity index (χ3n) is 6.35. The second-order valence-corrected chi connectivity index (χ2v) is 8.90. The predicted molar refractivity (Wildman–Crippen MR) is 138 cm³/mol. The highest BCUT2D eigenvalue weighted by Gasteiger charge is 2.19. The Kier molecular flexibility index (Phi) is 8.61. The summed E-state index contributed by atoms with van der Waals surface area (Å²) < 4.78 is 1.75. The fraction of sp³-hybridized carbons (Fsp3) is 0.296. The molecule has 0 bridgehead atoms. The highest BCUT2D eigenvalue weighted by Crippen LogP contribution is 2.25. The molecule has 5 rings (SSSR count). The Hall–Kier alpha value is -4.78. The number of rotatable bonds is 6. The normalized spacial score (nSPS) is 14.0. The first-order valence-corrected chi connectivity index (χ1v) is 12.3. The Morgan fingerprint density at radius 2 is 1.71 bits per heavy atom. The van der Waals surface area contributed by atoms with E-state index in [0.29, 0.717) is 35.2 Å². The zero-order chi connectivity index (χ0) is 26.9. The molecule has 3 aromatic heterocycles. The van der Waals surface area contributed by atoms with Crippen LogP contribution in [0.4, 0.5) is 5.95 Å². The molecular formula is C27H27N9O2. The van der Waals surface area contributed by atoms with Gasteiger partial charge in [-0.2, -0.15) is 14.9 Å². The van der Waals surface area contributed by atoms with Gasteiger partial charge in [-0.15, -0.1) is 5.10 Å². The van der Waals surface area contributed by atoms with Gasteiger partial charge in [0.1, 0.15) is 5.69 Å². The number of hydrogen-bond donors (Lipinski definition) is 1. The van der Waals surface area contributed by atoms with E-state index in [1.165, 1.54) is 19.3 Å². The Bertz CT molecular complexity index is 1470. The van der Waals surface area contributed by atoms with Gasteiger partial charge in [0.25, 0.3) is 0 Å². The van der Waals surface area contributed by atoms with Crippen LogP contribution in [-0.4, -0.2) is 54.1 Å². The molecule has 0 unspecified atom stereocenters. The fourth-order valence-electron chi connectivity index (χ4n) is 4.46. The molecule has 1 atom stereocenters. The first-order valence-electron chi connectivity index (χ1n) is 12.3. The number of likely N-dealkylation sites (tertiary alicyclic amines) is 1. The van der Waals surface area contributed by atoms with Crippen LogP contribution in [0.25, 0.3) is 22.6 Å². The van der Waals surface area contributed by atoms with Gasteiger partial charge >= 0.3 is 6.15 Å². The van der Waals surface area contributed by atoms with E-state index in [9.17, 15) is 5.26 Å². The summed E-state index contributed by atoms with van der Waals surface area (Å²) in [5.74, 6) is 0.135. The average Bonchev–Trinajstić information content (AvgIpc) is 3.42. The van der Waals surface area contributed by atoms with Crippen molar-refractivity contribution < 1.29 is 9.59 Å². The predicted octanol–water partition coefficient (Wildman–Crippen LogP) is 3.26. The lowest BCUT2D eigenvalue weighted by atomic mass is 10.1. The van der Waals surface area contributed by atoms with Crippen molar-refractivity contribution in [3.63, 3.8) is 0 Å². The van der Waals surface area contributed by atoms with Crippen LogP contribution in [0.1, 0.15) is 49.2 Å². The Morgan fingerprint density at radius 1 is 0.974 bits per heavy atom. The maximum absolute atomic E-state index is 9.20. The van der Waals surface area contributed by atoms with E-state index in [0.717, 1.165) is 30.0 Å². The second kappa shape index (κ2) is 12.5. The summed E-state index contributed by atoms with van der Waals surface area (Å²) in [5, 5.41) is 17.8. The average molecular weight is 510 g/mol. The van der Waals surface area contributed by atoms with Crippen LogP contribution >= 0.6 is 0 Å². The number of nitriles is 1. The molecule has 4 heterocycles. The van der Waals surface area contributed by atoms with Gasteiger partial charge in [0.2, 0.25) is 5.95 Å². The summed E-state index contributed by atoms with van der Waals surface area (Å²) in [7, 11) is 0. The van der Waals surface area contributed by atoms with E-state index in [1.807, 2.05) is 24.4 Å². The Morgan fingerprint density at radius 3 is 2.47 bits per heavy atom. The van der Waals surface area contributed by atoms with Gasteiger partial charge in [-0.25, -0.2) is 14.6 Å². The number of nitrogen functional groups attached to an aromatic ring is 1. The molecule has 1 saturated heterocycles. The number of piperidine rings is 1. The number of anilines is 1. The van der Waals surface area contributed by atoms with Crippen molar-refractivity contribution in [3.05, 3.63) is 71.7 Å². The van der Waals surface area contributed by atoms with Crippen molar-refractivity contribution in [3.8, 4) is 28.7 Å². The van der Waals surface area contributed by atoms with E-state index in [1.54, 1.807) is 22.9 Å². The molecule has 1 aromatic carbocycles. The Labute approximate surface area is 220 Å². The molecule has 1 aliphatic heterocycles. The van der Waals surface area contributed by atoms with Crippen molar-refractivity contribution in [2.24, 2.45) is 0 Å². The summed E-state index contributed by atoms with van der Waals surface area (Å²) in [4.78, 5) is 32.3. The lowest BCUT2D eigenvalue weighted by Crippen LogP contribution is -2.32. The second-order valence-electron chi connectivity index (χ2n) is 8.90. The number of pyridine rings is 1. The molecule has 192 valence electrons. The SMILES string of the molecule is C[C@@H](c1cccc(Cn2cc(-c3cc(-c4cccc(C#N)c4)nc(N)n3)nn2)n1)N1CCCCC1.O=C=O. The molecule has 0 amide bonds. The number of nitrogens with zero attached hydrogens (tertiary/aromatic N) is 8. The minimum Gasteiger partial charge on any atom is -0.368 e. The topological polar surface area (TPSA) is 157 Å². The first-order chi connectivity index (χ1) is 18.5. The molecule has 0 radical (unpaired) electrons. The van der Waals surface area contributed by atoms with E-state index in [2.05, 4.69) is 50.3 Å². The molecule has 11 nitrogen and oxygen atoms in total. The molecule has 38 heavy (non-hydrogen) atoms. The molecule has 0 aliphatic carbocycles. The molecule has 1 aliphatic rings. The van der Waals surface area contributed by atoms with E-state index in [4.69, 9.17) is 20.3 Å². The summed E-state index contributed by atoms with van der Waals surface area (Å²) in [5.41, 5.74) is 11.1. The van der Waals surface area contributed by atoms with E-state index >= 15 is 0 Å². The van der Waals surface area contributed by atoms with E-state index in [-0.39, 0.29) is 12.1 Å². The monoisotopic (exact) mass is 509 g/mol. The van der Waals surface area contributed by atoms with Gasteiger partial charge in [0.15, 0.2) is 0 Å². The molecule has 0 saturated carbocycles. The third kappa shape index (κ3) is 6.50. The molecule has 0 spiro atoms. The van der Waals surface area contributed by atoms with Gasteiger partial charge < -0.3 is 5.73 Å². The number of nitrogens with two attached hydrogens (primary N) is 1. The highest BCUT2D eigenvalue weighted by molar-refractivity contribution is 5.68. The lowest BCUT2D eigenvalue weighted by Gasteiger charge is -2.32. The van der Waals surface area contributed by atoms with Crippen LogP contribution in [0.2, 0.25) is 0 Å². The molecular weight excluding hydrogens is 482 g/mol. The van der Waals surface area contributed by atoms with Crippen LogP contribution in [0.5, 0.6) is 0 Å². The minimum absolute atomic E-state index is 0.135. The number of carbonyl (C=O) groups excluding carboxylic acids is 2. The van der Waals surface area contributed by atoms with Gasteiger partial charge in [0, 0.05) is 11.6 Å². The van der Waals surface area contributed by atoms with Crippen molar-refractivity contribution in [1.29, 1.82) is 5.26 Å². The maximum atomic E-state index is 9.20. The quantitative estimate of drug-likeness (QED) is 0.409. The van der Waals surface area contributed by atoms with E-state index < -0.39 is 0 Å². The van der Waals surface area contributed by atoms with Crippen molar-refractivity contribution in [2.45, 2.75) is 38.8 Å². The largest absolute Gasteiger partial charge is 0.373 e. The Balaban J connectivity index is 0.00000107. The van der Waals surface area contributed by atoms with Gasteiger partial charge in [-0.05, 0) is 63.2 Å². The zero-order valence-electron chi connectivity index (χ0n) is 21.0. The summed E-state index contributed by atoms with van der Waals surface area (Å²) >= 11 is 0. The van der Waals surface area contributed by atoms with Crippen LogP contribution in [0, 0.1) is 11.3 Å². The van der Waals surface area contributed by atoms with Crippen LogP contribution in [0.15, 0.2) is 54.7 Å². The van der Waals surface area contributed by atoms with Crippen molar-refractivity contribution >= 4 is 12.1 Å². The van der Waals surface area contributed by atoms with Gasteiger partial charge in [-0.3, -0.25) is 9.88 Å². The van der Waals surface area contributed by atoms with Gasteiger partial charge in [-0.1, -0.05) is 29.8 Å². The third-order valence-corrected chi connectivity index (χ3v) is 6.35. The standard InChI is InChI=1S/C26H27N9.CO2/c1-18(34-11-3-2-4-12-34)22-10-6-9-21(29-22)16-35-17-25(32-33-35)24-14-23(30-26(28)31-24)20-8-5-7-19(13-20)15-27;2-1-3/h5-10,13-14,17-18H,2-4,11-12,16H2,1H3,(H2,28,30,31);/t18-;/m0./s1. The molecule has 4 aromatic rings. The fourth-order valence-corrected chi connectivity index (χ4v) is 4.46. The summed E-state index contributed by atoms with van der Waals surface area (Å²) in [6, 6.07) is 17.6.